The number of carbonyl (C=O) groups excluding carboxylic acids is 1. The van der Waals surface area contributed by atoms with E-state index in [-0.39, 0.29) is 18.5 Å². The molecule has 0 N–H and O–H groups in total. The second-order valence-corrected chi connectivity index (χ2v) is 8.02. The molecule has 3 atom stereocenters. The second kappa shape index (κ2) is 7.06. The lowest BCUT2D eigenvalue weighted by Crippen LogP contribution is -2.42. The van der Waals surface area contributed by atoms with E-state index in [1.165, 1.54) is 6.07 Å². The highest BCUT2D eigenvalue weighted by atomic mass is 19.1. The van der Waals surface area contributed by atoms with E-state index in [0.717, 1.165) is 12.1 Å². The van der Waals surface area contributed by atoms with Crippen LogP contribution in [-0.2, 0) is 18.8 Å². The zero-order valence-electron chi connectivity index (χ0n) is 16.3. The van der Waals surface area contributed by atoms with Crippen molar-refractivity contribution in [2.24, 2.45) is 11.8 Å². The smallest absolute Gasteiger partial charge is 0.486 e. The third-order valence-corrected chi connectivity index (χ3v) is 5.56. The summed E-state index contributed by atoms with van der Waals surface area (Å²) in [6, 6.07) is 2.66. The number of hydrogen-bond acceptors (Lipinski definition) is 5. The maximum atomic E-state index is 14.1. The molecule has 1 heterocycles. The summed E-state index contributed by atoms with van der Waals surface area (Å²) in [5.74, 6) is -3.18. The predicted octanol–water partition coefficient (Wildman–Crippen LogP) is 3.54. The topological polar surface area (TPSA) is 54.0 Å². The van der Waals surface area contributed by atoms with Gasteiger partial charge in [0.2, 0.25) is 0 Å². The van der Waals surface area contributed by atoms with E-state index < -0.39 is 47.6 Å². The van der Waals surface area contributed by atoms with Crippen LogP contribution in [0.25, 0.3) is 0 Å². The molecule has 2 aliphatic rings. The molecule has 2 fully saturated rings. The van der Waals surface area contributed by atoms with Gasteiger partial charge in [-0.15, -0.1) is 0 Å². The Morgan fingerprint density at radius 2 is 1.78 bits per heavy atom. The van der Waals surface area contributed by atoms with Crippen molar-refractivity contribution in [1.82, 2.24) is 0 Å². The first-order valence-corrected chi connectivity index (χ1v) is 9.20. The number of rotatable bonds is 6. The molecule has 1 aromatic rings. The van der Waals surface area contributed by atoms with E-state index in [0.29, 0.717) is 6.42 Å². The quantitative estimate of drug-likeness (QED) is 0.557. The van der Waals surface area contributed by atoms with Gasteiger partial charge in [-0.05, 0) is 53.2 Å². The molecule has 0 radical (unpaired) electrons. The minimum Gasteiger partial charge on any atom is -0.486 e. The highest BCUT2D eigenvalue weighted by molar-refractivity contribution is 6.47. The molecule has 0 spiro atoms. The standard InChI is InChI=1S/C19H25BF2O5/c1-6-24-17(23)12-10-11(12)16(20-26-18(2,3)19(4,5)27-20)25-15-13(21)8-7-9-14(15)22/h7-9,11-12,16H,6,10H2,1-5H3. The van der Waals surface area contributed by atoms with Crippen LogP contribution in [0.15, 0.2) is 18.2 Å². The van der Waals surface area contributed by atoms with Gasteiger partial charge in [0.1, 0.15) is 6.00 Å². The Morgan fingerprint density at radius 3 is 2.30 bits per heavy atom. The summed E-state index contributed by atoms with van der Waals surface area (Å²) >= 11 is 0. The molecule has 148 valence electrons. The Balaban J connectivity index is 1.86. The number of halogens is 2. The molecular weight excluding hydrogens is 357 g/mol. The van der Waals surface area contributed by atoms with Crippen molar-refractivity contribution in [1.29, 1.82) is 0 Å². The molecule has 5 nitrogen and oxygen atoms in total. The largest absolute Gasteiger partial charge is 0.502 e. The van der Waals surface area contributed by atoms with Gasteiger partial charge in [0.05, 0.1) is 23.7 Å². The van der Waals surface area contributed by atoms with Crippen molar-refractivity contribution >= 4 is 13.1 Å². The van der Waals surface area contributed by atoms with Crippen LogP contribution < -0.4 is 4.74 Å². The van der Waals surface area contributed by atoms with Gasteiger partial charge < -0.3 is 18.8 Å². The van der Waals surface area contributed by atoms with Crippen molar-refractivity contribution < 1.29 is 32.4 Å². The first kappa shape index (κ1) is 20.1. The molecule has 27 heavy (non-hydrogen) atoms. The number of benzene rings is 1. The summed E-state index contributed by atoms with van der Waals surface area (Å²) in [7, 11) is -0.863. The second-order valence-electron chi connectivity index (χ2n) is 8.02. The Morgan fingerprint density at radius 1 is 1.22 bits per heavy atom. The molecule has 0 bridgehead atoms. The van der Waals surface area contributed by atoms with Crippen LogP contribution in [0.3, 0.4) is 0 Å². The molecular formula is C19H25BF2O5. The average molecular weight is 382 g/mol. The monoisotopic (exact) mass is 382 g/mol. The van der Waals surface area contributed by atoms with Gasteiger partial charge in [0.25, 0.3) is 0 Å². The lowest BCUT2D eigenvalue weighted by molar-refractivity contribution is -0.145. The fourth-order valence-corrected chi connectivity index (χ4v) is 3.20. The van der Waals surface area contributed by atoms with Gasteiger partial charge >= 0.3 is 13.1 Å². The summed E-state index contributed by atoms with van der Waals surface area (Å²) in [4.78, 5) is 12.1. The fraction of sp³-hybridized carbons (Fsp3) is 0.632. The third-order valence-electron chi connectivity index (χ3n) is 5.56. The molecule has 3 unspecified atom stereocenters. The predicted molar refractivity (Wildman–Crippen MR) is 95.1 cm³/mol. The highest BCUT2D eigenvalue weighted by Gasteiger charge is 2.62. The summed E-state index contributed by atoms with van der Waals surface area (Å²) in [5.41, 5.74) is -1.28. The first-order chi connectivity index (χ1) is 12.6. The minimum absolute atomic E-state index is 0.270. The van der Waals surface area contributed by atoms with Gasteiger partial charge in [-0.2, -0.15) is 0 Å². The molecule has 1 saturated heterocycles. The molecule has 8 heteroatoms. The van der Waals surface area contributed by atoms with Gasteiger partial charge in [-0.25, -0.2) is 8.78 Å². The third kappa shape index (κ3) is 3.83. The number of carbonyl (C=O) groups is 1. The normalized spacial score (nSPS) is 26.6. The molecule has 0 aromatic heterocycles. The van der Waals surface area contributed by atoms with E-state index in [1.807, 2.05) is 27.7 Å². The Kier molecular flexibility index (Phi) is 5.25. The van der Waals surface area contributed by atoms with Crippen LogP contribution in [0.5, 0.6) is 5.75 Å². The van der Waals surface area contributed by atoms with Crippen molar-refractivity contribution in [3.63, 3.8) is 0 Å². The highest BCUT2D eigenvalue weighted by Crippen LogP contribution is 2.48. The zero-order chi connectivity index (χ0) is 20.0. The van der Waals surface area contributed by atoms with Gasteiger partial charge in [-0.3, -0.25) is 4.79 Å². The van der Waals surface area contributed by atoms with Gasteiger partial charge in [0.15, 0.2) is 17.4 Å². The molecule has 1 aliphatic heterocycles. The van der Waals surface area contributed by atoms with Crippen molar-refractivity contribution in [3.8, 4) is 5.75 Å². The van der Waals surface area contributed by atoms with E-state index in [4.69, 9.17) is 18.8 Å². The number of ether oxygens (including phenoxy) is 2. The van der Waals surface area contributed by atoms with E-state index in [1.54, 1.807) is 6.92 Å². The lowest BCUT2D eigenvalue weighted by atomic mass is 9.77. The summed E-state index contributed by atoms with van der Waals surface area (Å²) in [6.45, 7) is 9.51. The van der Waals surface area contributed by atoms with Crippen molar-refractivity contribution in [2.75, 3.05) is 6.61 Å². The van der Waals surface area contributed by atoms with Crippen LogP contribution in [-0.4, -0.2) is 36.9 Å². The Bertz CT molecular complexity index is 688. The maximum absolute atomic E-state index is 14.1. The molecule has 0 amide bonds. The summed E-state index contributed by atoms with van der Waals surface area (Å²) in [6.07, 6.45) is 0.490. The van der Waals surface area contributed by atoms with Crippen molar-refractivity contribution in [3.05, 3.63) is 29.8 Å². The van der Waals surface area contributed by atoms with Crippen LogP contribution in [0.2, 0.25) is 0 Å². The maximum Gasteiger partial charge on any atom is 0.502 e. The SMILES string of the molecule is CCOC(=O)C1CC1C(Oc1c(F)cccc1F)B1OC(C)(C)C(C)(C)O1. The molecule has 3 rings (SSSR count). The van der Waals surface area contributed by atoms with Crippen LogP contribution >= 0.6 is 0 Å². The number of hydrogen-bond donors (Lipinski definition) is 0. The van der Waals surface area contributed by atoms with Gasteiger partial charge in [0, 0.05) is 5.92 Å². The lowest BCUT2D eigenvalue weighted by Gasteiger charge is -2.32. The van der Waals surface area contributed by atoms with Crippen molar-refractivity contribution in [2.45, 2.75) is 58.2 Å². The summed E-state index contributed by atoms with van der Waals surface area (Å²) in [5, 5.41) is 0. The minimum atomic E-state index is -0.863. The Labute approximate surface area is 158 Å². The fourth-order valence-electron chi connectivity index (χ4n) is 3.20. The average Bonchev–Trinajstić information content (AvgIpc) is 3.30. The first-order valence-electron chi connectivity index (χ1n) is 9.20. The van der Waals surface area contributed by atoms with Crippen LogP contribution in [0.4, 0.5) is 8.78 Å². The Hall–Kier alpha value is -1.67. The number of para-hydroxylation sites is 1. The summed E-state index contributed by atoms with van der Waals surface area (Å²) < 4.78 is 51.1. The van der Waals surface area contributed by atoms with E-state index in [2.05, 4.69) is 0 Å². The van der Waals surface area contributed by atoms with Crippen LogP contribution in [0.1, 0.15) is 41.0 Å². The molecule has 1 aromatic carbocycles. The zero-order valence-corrected chi connectivity index (χ0v) is 16.3. The molecule has 1 saturated carbocycles. The molecule has 1 aliphatic carbocycles. The van der Waals surface area contributed by atoms with Crippen LogP contribution in [0, 0.1) is 23.5 Å². The number of esters is 1. The van der Waals surface area contributed by atoms with Gasteiger partial charge in [-0.1, -0.05) is 6.07 Å². The van der Waals surface area contributed by atoms with E-state index in [9.17, 15) is 13.6 Å². The van der Waals surface area contributed by atoms with E-state index >= 15 is 0 Å².